The zero-order chi connectivity index (χ0) is 13.0. The first-order valence-electron chi connectivity index (χ1n) is 4.87. The smallest absolute Gasteiger partial charge is 0.293 e. The number of nitro groups is 1. The molecule has 1 amide bonds. The Kier molecular flexibility index (Phi) is 4.28. The third-order valence-electron chi connectivity index (χ3n) is 2.17. The van der Waals surface area contributed by atoms with Gasteiger partial charge >= 0.3 is 0 Å². The maximum Gasteiger partial charge on any atom is 0.293 e. The Morgan fingerprint density at radius 3 is 2.71 bits per heavy atom. The zero-order valence-electron chi connectivity index (χ0n) is 9.36. The summed E-state index contributed by atoms with van der Waals surface area (Å²) in [6.45, 7) is 1.61. The van der Waals surface area contributed by atoms with E-state index in [1.54, 1.807) is 6.92 Å². The molecule has 0 bridgehead atoms. The lowest BCUT2D eigenvalue weighted by Crippen LogP contribution is -2.35. The van der Waals surface area contributed by atoms with E-state index >= 15 is 0 Å². The quantitative estimate of drug-likeness (QED) is 0.636. The maximum atomic E-state index is 11.3. The molecule has 1 unspecified atom stereocenters. The fourth-order valence-electron chi connectivity index (χ4n) is 1.29. The van der Waals surface area contributed by atoms with Crippen LogP contribution >= 0.6 is 11.6 Å². The highest BCUT2D eigenvalue weighted by Gasteiger charge is 2.18. The molecule has 0 radical (unpaired) electrons. The average Bonchev–Trinajstić information content (AvgIpc) is 2.29. The number of anilines is 1. The van der Waals surface area contributed by atoms with Crippen molar-refractivity contribution < 1.29 is 9.72 Å². The summed E-state index contributed by atoms with van der Waals surface area (Å²) in [5, 5.41) is 16.3. The molecule has 0 heterocycles. The van der Waals surface area contributed by atoms with Crippen LogP contribution in [0, 0.1) is 10.1 Å². The van der Waals surface area contributed by atoms with Crippen LogP contribution in [0.5, 0.6) is 0 Å². The molecule has 0 aliphatic rings. The third-order valence-corrected chi connectivity index (χ3v) is 2.40. The summed E-state index contributed by atoms with van der Waals surface area (Å²) in [4.78, 5) is 21.5. The summed E-state index contributed by atoms with van der Waals surface area (Å²) in [5.74, 6) is -0.255. The summed E-state index contributed by atoms with van der Waals surface area (Å²) >= 11 is 5.68. The van der Waals surface area contributed by atoms with Crippen LogP contribution in [-0.4, -0.2) is 23.9 Å². The second-order valence-electron chi connectivity index (χ2n) is 3.40. The minimum absolute atomic E-state index is 0.159. The highest BCUT2D eigenvalue weighted by Crippen LogP contribution is 2.28. The number of halogens is 1. The van der Waals surface area contributed by atoms with Crippen molar-refractivity contribution in [2.75, 3.05) is 12.4 Å². The van der Waals surface area contributed by atoms with Gasteiger partial charge < -0.3 is 10.6 Å². The normalized spacial score (nSPS) is 11.7. The highest BCUT2D eigenvalue weighted by molar-refractivity contribution is 6.30. The topological polar surface area (TPSA) is 84.3 Å². The third kappa shape index (κ3) is 3.32. The van der Waals surface area contributed by atoms with E-state index in [0.29, 0.717) is 0 Å². The molecule has 0 aromatic heterocycles. The number of nitrogens with one attached hydrogen (secondary N) is 2. The Labute approximate surface area is 103 Å². The predicted octanol–water partition coefficient (Wildman–Crippen LogP) is 1.79. The molecule has 1 aromatic rings. The van der Waals surface area contributed by atoms with Crippen LogP contribution in [0.4, 0.5) is 11.4 Å². The lowest BCUT2D eigenvalue weighted by molar-refractivity contribution is -0.384. The summed E-state index contributed by atoms with van der Waals surface area (Å²) in [6.07, 6.45) is 0. The SMILES string of the molecule is CNC(=O)C(C)Nc1ccc(Cl)cc1[N+](=O)[O-]. The van der Waals surface area contributed by atoms with Gasteiger partial charge in [0.05, 0.1) is 4.92 Å². The van der Waals surface area contributed by atoms with Crippen molar-refractivity contribution in [3.63, 3.8) is 0 Å². The molecule has 0 saturated carbocycles. The number of benzene rings is 1. The van der Waals surface area contributed by atoms with E-state index in [4.69, 9.17) is 11.6 Å². The first-order chi connectivity index (χ1) is 7.95. The number of carbonyl (C=O) groups excluding carboxylic acids is 1. The van der Waals surface area contributed by atoms with Crippen LogP contribution in [0.2, 0.25) is 5.02 Å². The summed E-state index contributed by atoms with van der Waals surface area (Å²) in [7, 11) is 1.50. The molecular formula is C10H12ClN3O3. The molecule has 0 fully saturated rings. The van der Waals surface area contributed by atoms with Crippen molar-refractivity contribution in [1.29, 1.82) is 0 Å². The van der Waals surface area contributed by atoms with Crippen molar-refractivity contribution in [1.82, 2.24) is 5.32 Å². The minimum Gasteiger partial charge on any atom is -0.368 e. The van der Waals surface area contributed by atoms with Crippen molar-refractivity contribution >= 4 is 28.9 Å². The zero-order valence-corrected chi connectivity index (χ0v) is 10.1. The summed E-state index contributed by atoms with van der Waals surface area (Å²) in [5.41, 5.74) is 0.101. The largest absolute Gasteiger partial charge is 0.368 e. The fourth-order valence-corrected chi connectivity index (χ4v) is 1.46. The fraction of sp³-hybridized carbons (Fsp3) is 0.300. The molecule has 0 spiro atoms. The summed E-state index contributed by atoms with van der Waals surface area (Å²) in [6, 6.07) is 3.66. The molecular weight excluding hydrogens is 246 g/mol. The van der Waals surface area contributed by atoms with E-state index in [1.807, 2.05) is 0 Å². The molecule has 0 saturated heterocycles. The Morgan fingerprint density at radius 2 is 2.18 bits per heavy atom. The Bertz CT molecular complexity index is 450. The molecule has 1 rings (SSSR count). The number of rotatable bonds is 4. The van der Waals surface area contributed by atoms with Gasteiger partial charge in [-0.15, -0.1) is 0 Å². The van der Waals surface area contributed by atoms with Crippen LogP contribution in [-0.2, 0) is 4.79 Å². The van der Waals surface area contributed by atoms with Crippen LogP contribution in [0.25, 0.3) is 0 Å². The van der Waals surface area contributed by atoms with Crippen molar-refractivity contribution in [2.24, 2.45) is 0 Å². The summed E-state index contributed by atoms with van der Waals surface area (Å²) < 4.78 is 0. The van der Waals surface area contributed by atoms with Crippen LogP contribution in [0.15, 0.2) is 18.2 Å². The number of hydrogen-bond donors (Lipinski definition) is 2. The van der Waals surface area contributed by atoms with Gasteiger partial charge in [-0.05, 0) is 19.1 Å². The lowest BCUT2D eigenvalue weighted by Gasteiger charge is -2.13. The van der Waals surface area contributed by atoms with Gasteiger partial charge in [0.2, 0.25) is 5.91 Å². The molecule has 1 aromatic carbocycles. The van der Waals surface area contributed by atoms with Gasteiger partial charge in [0.15, 0.2) is 0 Å². The Hall–Kier alpha value is -1.82. The van der Waals surface area contributed by atoms with E-state index in [1.165, 1.54) is 25.2 Å². The molecule has 0 aliphatic heterocycles. The van der Waals surface area contributed by atoms with Crippen LogP contribution in [0.1, 0.15) is 6.92 Å². The number of carbonyl (C=O) groups is 1. The molecule has 7 heteroatoms. The Balaban J connectivity index is 2.98. The van der Waals surface area contributed by atoms with E-state index in [9.17, 15) is 14.9 Å². The molecule has 2 N–H and O–H groups in total. The maximum absolute atomic E-state index is 11.3. The number of hydrogen-bond acceptors (Lipinski definition) is 4. The van der Waals surface area contributed by atoms with E-state index in [-0.39, 0.29) is 22.3 Å². The van der Waals surface area contributed by atoms with Crippen molar-refractivity contribution in [3.8, 4) is 0 Å². The van der Waals surface area contributed by atoms with Gasteiger partial charge in [-0.1, -0.05) is 11.6 Å². The number of nitro benzene ring substituents is 1. The van der Waals surface area contributed by atoms with Crippen molar-refractivity contribution in [3.05, 3.63) is 33.3 Å². The van der Waals surface area contributed by atoms with Gasteiger partial charge in [0.1, 0.15) is 11.7 Å². The van der Waals surface area contributed by atoms with Crippen molar-refractivity contribution in [2.45, 2.75) is 13.0 Å². The van der Waals surface area contributed by atoms with E-state index < -0.39 is 11.0 Å². The van der Waals surface area contributed by atoms with Gasteiger partial charge in [0.25, 0.3) is 5.69 Å². The minimum atomic E-state index is -0.570. The van der Waals surface area contributed by atoms with E-state index in [0.717, 1.165) is 0 Å². The van der Waals surface area contributed by atoms with Crippen LogP contribution < -0.4 is 10.6 Å². The molecule has 92 valence electrons. The first kappa shape index (κ1) is 13.2. The standard InChI is InChI=1S/C10H12ClN3O3/c1-6(10(15)12-2)13-8-4-3-7(11)5-9(8)14(16)17/h3-6,13H,1-2H3,(H,12,15). The van der Waals surface area contributed by atoms with Crippen LogP contribution in [0.3, 0.4) is 0 Å². The van der Waals surface area contributed by atoms with Gasteiger partial charge in [-0.25, -0.2) is 0 Å². The number of likely N-dealkylation sites (N-methyl/N-ethyl adjacent to an activating group) is 1. The van der Waals surface area contributed by atoms with E-state index in [2.05, 4.69) is 10.6 Å². The molecule has 17 heavy (non-hydrogen) atoms. The van der Waals surface area contributed by atoms with Gasteiger partial charge in [-0.3, -0.25) is 14.9 Å². The predicted molar refractivity (Wildman–Crippen MR) is 65.3 cm³/mol. The second kappa shape index (κ2) is 5.49. The Morgan fingerprint density at radius 1 is 1.53 bits per heavy atom. The molecule has 1 atom stereocenters. The number of nitrogens with zero attached hydrogens (tertiary/aromatic N) is 1. The highest BCUT2D eigenvalue weighted by atomic mass is 35.5. The average molecular weight is 258 g/mol. The van der Waals surface area contributed by atoms with Gasteiger partial charge in [-0.2, -0.15) is 0 Å². The number of amides is 1. The second-order valence-corrected chi connectivity index (χ2v) is 3.84. The first-order valence-corrected chi connectivity index (χ1v) is 5.25. The lowest BCUT2D eigenvalue weighted by atomic mass is 10.2. The monoisotopic (exact) mass is 257 g/mol. The molecule has 0 aliphatic carbocycles. The van der Waals surface area contributed by atoms with Gasteiger partial charge in [0, 0.05) is 18.1 Å². The molecule has 6 nitrogen and oxygen atoms in total.